The molecule has 102 valence electrons. The number of thiazole rings is 1. The zero-order chi connectivity index (χ0) is 13.8. The SMILES string of the molecule is N=c1sc2cc(C(F)(F)F)cc3c2n1CC[S@@](=O)C3. The second kappa shape index (κ2) is 4.17. The van der Waals surface area contributed by atoms with Gasteiger partial charge in [0.2, 0.25) is 0 Å². The Morgan fingerprint density at radius 3 is 2.79 bits per heavy atom. The summed E-state index contributed by atoms with van der Waals surface area (Å²) >= 11 is 1.03. The lowest BCUT2D eigenvalue weighted by Gasteiger charge is -2.09. The Morgan fingerprint density at radius 1 is 1.37 bits per heavy atom. The smallest absolute Gasteiger partial charge is 0.316 e. The molecule has 1 aliphatic rings. The molecule has 3 rings (SSSR count). The molecule has 0 amide bonds. The van der Waals surface area contributed by atoms with Crippen molar-refractivity contribution in [2.75, 3.05) is 5.75 Å². The van der Waals surface area contributed by atoms with Crippen molar-refractivity contribution in [3.8, 4) is 0 Å². The number of halogens is 3. The van der Waals surface area contributed by atoms with Gasteiger partial charge in [0.15, 0.2) is 4.80 Å². The maximum atomic E-state index is 12.8. The van der Waals surface area contributed by atoms with Crippen molar-refractivity contribution in [2.45, 2.75) is 18.5 Å². The van der Waals surface area contributed by atoms with E-state index in [9.17, 15) is 17.4 Å². The monoisotopic (exact) mass is 306 g/mol. The molecule has 0 bridgehead atoms. The second-order valence-electron chi connectivity index (χ2n) is 4.33. The van der Waals surface area contributed by atoms with Crippen molar-refractivity contribution >= 4 is 32.4 Å². The average Bonchev–Trinajstić information content (AvgIpc) is 2.49. The first kappa shape index (κ1) is 12.9. The minimum Gasteiger partial charge on any atom is -0.316 e. The molecule has 0 spiro atoms. The van der Waals surface area contributed by atoms with Crippen LogP contribution in [0.25, 0.3) is 10.2 Å². The molecule has 1 aliphatic heterocycles. The standard InChI is InChI=1S/C11H9F3N2OS2/c12-11(13,14)7-3-6-5-19(17)2-1-16-9(6)8(4-7)18-10(16)15/h3-4,15H,1-2,5H2/t19-/m1/s1. The van der Waals surface area contributed by atoms with Crippen LogP contribution in [0.1, 0.15) is 11.1 Å². The van der Waals surface area contributed by atoms with Gasteiger partial charge >= 0.3 is 6.18 Å². The molecule has 0 saturated carbocycles. The highest BCUT2D eigenvalue weighted by molar-refractivity contribution is 7.84. The maximum Gasteiger partial charge on any atom is 0.416 e. The van der Waals surface area contributed by atoms with Crippen molar-refractivity contribution in [1.29, 1.82) is 5.41 Å². The van der Waals surface area contributed by atoms with Gasteiger partial charge in [-0.15, -0.1) is 0 Å². The zero-order valence-electron chi connectivity index (χ0n) is 9.58. The van der Waals surface area contributed by atoms with Crippen LogP contribution in [-0.4, -0.2) is 14.5 Å². The highest BCUT2D eigenvalue weighted by atomic mass is 32.2. The molecular formula is C11H9F3N2OS2. The van der Waals surface area contributed by atoms with E-state index in [1.165, 1.54) is 0 Å². The van der Waals surface area contributed by atoms with Crippen molar-refractivity contribution in [2.24, 2.45) is 0 Å². The van der Waals surface area contributed by atoms with E-state index >= 15 is 0 Å². The summed E-state index contributed by atoms with van der Waals surface area (Å²) in [6.07, 6.45) is -4.42. The van der Waals surface area contributed by atoms with Gasteiger partial charge in [-0.05, 0) is 17.7 Å². The van der Waals surface area contributed by atoms with Crippen LogP contribution in [0.3, 0.4) is 0 Å². The fourth-order valence-electron chi connectivity index (χ4n) is 2.24. The van der Waals surface area contributed by atoms with E-state index < -0.39 is 22.5 Å². The third-order valence-corrected chi connectivity index (χ3v) is 5.28. The lowest BCUT2D eigenvalue weighted by atomic mass is 10.1. The first-order chi connectivity index (χ1) is 8.86. The number of hydrogen-bond acceptors (Lipinski definition) is 3. The Balaban J connectivity index is 2.37. The van der Waals surface area contributed by atoms with Crippen LogP contribution >= 0.6 is 11.3 Å². The van der Waals surface area contributed by atoms with E-state index in [-0.39, 0.29) is 10.6 Å². The Hall–Kier alpha value is -1.15. The number of rotatable bonds is 0. The second-order valence-corrected chi connectivity index (χ2v) is 6.93. The minimum absolute atomic E-state index is 0.122. The molecule has 0 unspecified atom stereocenters. The normalized spacial score (nSPS) is 19.6. The van der Waals surface area contributed by atoms with Gasteiger partial charge in [-0.25, -0.2) is 0 Å². The van der Waals surface area contributed by atoms with Crippen LogP contribution in [-0.2, 0) is 29.3 Å². The summed E-state index contributed by atoms with van der Waals surface area (Å²) in [6.45, 7) is 0.420. The lowest BCUT2D eigenvalue weighted by molar-refractivity contribution is -0.137. The summed E-state index contributed by atoms with van der Waals surface area (Å²) in [6, 6.07) is 2.14. The summed E-state index contributed by atoms with van der Waals surface area (Å²) in [4.78, 5) is 0.203. The van der Waals surface area contributed by atoms with E-state index in [1.807, 2.05) is 0 Å². The van der Waals surface area contributed by atoms with Crippen molar-refractivity contribution < 1.29 is 17.4 Å². The number of aryl methyl sites for hydroxylation is 1. The molecule has 2 heterocycles. The Bertz CT molecular complexity index is 745. The number of hydrogen-bond donors (Lipinski definition) is 1. The van der Waals surface area contributed by atoms with Gasteiger partial charge in [-0.1, -0.05) is 11.3 Å². The molecular weight excluding hydrogens is 297 g/mol. The third-order valence-electron chi connectivity index (χ3n) is 3.06. The van der Waals surface area contributed by atoms with Crippen LogP contribution < -0.4 is 4.80 Å². The van der Waals surface area contributed by atoms with Crippen LogP contribution in [0.5, 0.6) is 0 Å². The maximum absolute atomic E-state index is 12.8. The summed E-state index contributed by atoms with van der Waals surface area (Å²) < 4.78 is 52.3. The molecule has 0 saturated heterocycles. The third kappa shape index (κ3) is 2.12. The Labute approximate surface area is 112 Å². The molecule has 1 aromatic carbocycles. The van der Waals surface area contributed by atoms with Crippen LogP contribution in [0.2, 0.25) is 0 Å². The summed E-state index contributed by atoms with van der Waals surface area (Å²) in [7, 11) is -1.18. The van der Waals surface area contributed by atoms with Crippen LogP contribution in [0.4, 0.5) is 13.2 Å². The number of alkyl halides is 3. The van der Waals surface area contributed by atoms with Crippen LogP contribution in [0.15, 0.2) is 12.1 Å². The Morgan fingerprint density at radius 2 is 2.11 bits per heavy atom. The summed E-state index contributed by atoms with van der Waals surface area (Å²) in [5, 5.41) is 7.82. The average molecular weight is 306 g/mol. The topological polar surface area (TPSA) is 45.9 Å². The molecule has 1 N–H and O–H groups in total. The molecule has 3 nitrogen and oxygen atoms in total. The van der Waals surface area contributed by atoms with Crippen LogP contribution in [0, 0.1) is 5.41 Å². The molecule has 1 atom stereocenters. The zero-order valence-corrected chi connectivity index (χ0v) is 11.2. The number of nitrogens with zero attached hydrogens (tertiary/aromatic N) is 1. The van der Waals surface area contributed by atoms with Gasteiger partial charge < -0.3 is 4.57 Å². The van der Waals surface area contributed by atoms with Crippen molar-refractivity contribution in [1.82, 2.24) is 4.57 Å². The lowest BCUT2D eigenvalue weighted by Crippen LogP contribution is -2.15. The van der Waals surface area contributed by atoms with Gasteiger partial charge in [0.1, 0.15) is 0 Å². The van der Waals surface area contributed by atoms with E-state index in [0.717, 1.165) is 23.5 Å². The van der Waals surface area contributed by atoms with Gasteiger partial charge in [0.25, 0.3) is 0 Å². The van der Waals surface area contributed by atoms with E-state index in [1.54, 1.807) is 4.57 Å². The molecule has 8 heteroatoms. The van der Waals surface area contributed by atoms with E-state index in [2.05, 4.69) is 0 Å². The molecule has 0 fully saturated rings. The molecule has 19 heavy (non-hydrogen) atoms. The molecule has 1 aromatic heterocycles. The molecule has 0 radical (unpaired) electrons. The number of nitrogens with one attached hydrogen (secondary N) is 1. The predicted octanol–water partition coefficient (Wildman–Crippen LogP) is 2.46. The van der Waals surface area contributed by atoms with Gasteiger partial charge in [0, 0.05) is 23.1 Å². The fourth-order valence-corrected chi connectivity index (χ4v) is 4.36. The molecule has 0 aliphatic carbocycles. The summed E-state index contributed by atoms with van der Waals surface area (Å²) in [5.41, 5.74) is 0.326. The minimum atomic E-state index is -4.42. The predicted molar refractivity (Wildman–Crippen MR) is 67.4 cm³/mol. The van der Waals surface area contributed by atoms with Gasteiger partial charge in [-0.3, -0.25) is 9.62 Å². The Kier molecular flexibility index (Phi) is 2.82. The first-order valence-electron chi connectivity index (χ1n) is 5.49. The first-order valence-corrected chi connectivity index (χ1v) is 7.80. The number of aromatic nitrogens is 1. The molecule has 2 aromatic rings. The van der Waals surface area contributed by atoms with E-state index in [0.29, 0.717) is 28.1 Å². The van der Waals surface area contributed by atoms with E-state index in [4.69, 9.17) is 5.41 Å². The van der Waals surface area contributed by atoms with Gasteiger partial charge in [0.05, 0.1) is 21.5 Å². The highest BCUT2D eigenvalue weighted by Crippen LogP contribution is 2.35. The fraction of sp³-hybridized carbons (Fsp3) is 0.364. The largest absolute Gasteiger partial charge is 0.416 e. The summed E-state index contributed by atoms with van der Waals surface area (Å²) in [5.74, 6) is 0.495. The van der Waals surface area contributed by atoms with Crippen molar-refractivity contribution in [3.63, 3.8) is 0 Å². The highest BCUT2D eigenvalue weighted by Gasteiger charge is 2.32. The number of benzene rings is 1. The van der Waals surface area contributed by atoms with Crippen molar-refractivity contribution in [3.05, 3.63) is 28.1 Å². The quantitative estimate of drug-likeness (QED) is 0.798. The van der Waals surface area contributed by atoms with Gasteiger partial charge in [-0.2, -0.15) is 13.2 Å².